The molecule has 1 fully saturated rings. The normalized spacial score (nSPS) is 18.5. The fraction of sp³-hybridized carbons (Fsp3) is 1.00. The zero-order valence-electron chi connectivity index (χ0n) is 9.86. The summed E-state index contributed by atoms with van der Waals surface area (Å²) < 4.78 is 25.7. The smallest absolute Gasteiger partial charge is 0.214 e. The monoisotopic (exact) mass is 234 g/mol. The summed E-state index contributed by atoms with van der Waals surface area (Å²) in [6.45, 7) is 6.47. The van der Waals surface area contributed by atoms with Gasteiger partial charge in [-0.3, -0.25) is 0 Å². The molecule has 0 atom stereocenters. The second kappa shape index (κ2) is 4.39. The van der Waals surface area contributed by atoms with Gasteiger partial charge in [0.05, 0.1) is 5.75 Å². The fourth-order valence-electron chi connectivity index (χ4n) is 1.78. The Bertz CT molecular complexity index is 307. The van der Waals surface area contributed by atoms with Crippen LogP contribution >= 0.6 is 0 Å². The molecule has 90 valence electrons. The third kappa shape index (κ3) is 3.16. The van der Waals surface area contributed by atoms with Crippen molar-refractivity contribution in [2.45, 2.75) is 39.2 Å². The van der Waals surface area contributed by atoms with Crippen molar-refractivity contribution in [3.8, 4) is 0 Å². The minimum Gasteiger partial charge on any atom is -0.329 e. The highest BCUT2D eigenvalue weighted by molar-refractivity contribution is 7.89. The first-order valence-electron chi connectivity index (χ1n) is 5.54. The van der Waals surface area contributed by atoms with E-state index < -0.39 is 15.6 Å². The van der Waals surface area contributed by atoms with Crippen molar-refractivity contribution >= 4 is 10.0 Å². The molecule has 0 radical (unpaired) electrons. The molecule has 0 amide bonds. The van der Waals surface area contributed by atoms with Crippen LogP contribution in [-0.2, 0) is 10.0 Å². The molecule has 2 N–H and O–H groups in total. The third-order valence-electron chi connectivity index (χ3n) is 2.94. The van der Waals surface area contributed by atoms with Crippen LogP contribution in [-0.4, -0.2) is 37.1 Å². The van der Waals surface area contributed by atoms with E-state index in [0.717, 1.165) is 12.8 Å². The Morgan fingerprint density at radius 1 is 1.40 bits per heavy atom. The van der Waals surface area contributed by atoms with Crippen LogP contribution in [0.15, 0.2) is 0 Å². The molecule has 1 aliphatic carbocycles. The van der Waals surface area contributed by atoms with Crippen LogP contribution in [0, 0.1) is 5.92 Å². The summed E-state index contributed by atoms with van der Waals surface area (Å²) in [7, 11) is -3.13. The lowest BCUT2D eigenvalue weighted by molar-refractivity contribution is 0.244. The Hall–Kier alpha value is -0.130. The molecule has 0 unspecified atom stereocenters. The number of sulfonamides is 1. The highest BCUT2D eigenvalue weighted by atomic mass is 32.2. The summed E-state index contributed by atoms with van der Waals surface area (Å²) in [5, 5.41) is 0. The van der Waals surface area contributed by atoms with Gasteiger partial charge in [-0.2, -0.15) is 4.31 Å². The average Bonchev–Trinajstić information content (AvgIpc) is 2.87. The largest absolute Gasteiger partial charge is 0.329 e. The van der Waals surface area contributed by atoms with E-state index in [4.69, 9.17) is 5.73 Å². The lowest BCUT2D eigenvalue weighted by Gasteiger charge is -2.35. The summed E-state index contributed by atoms with van der Waals surface area (Å²) in [5.74, 6) is 0.683. The Morgan fingerprint density at radius 3 is 2.27 bits per heavy atom. The topological polar surface area (TPSA) is 63.4 Å². The molecular formula is C10H22N2O2S. The number of nitrogens with two attached hydrogens (primary N) is 1. The number of rotatable bonds is 6. The molecule has 5 heteroatoms. The first kappa shape index (κ1) is 12.9. The SMILES string of the molecule is CCN(C(C)(C)CN)S(=O)(=O)CC1CC1. The summed E-state index contributed by atoms with van der Waals surface area (Å²) in [6.07, 6.45) is 2.11. The van der Waals surface area contributed by atoms with Gasteiger partial charge in [-0.25, -0.2) is 8.42 Å². The molecule has 1 saturated carbocycles. The standard InChI is InChI=1S/C10H22N2O2S/c1-4-12(10(2,3)8-11)15(13,14)7-9-5-6-9/h9H,4-8,11H2,1-3H3. The van der Waals surface area contributed by atoms with Crippen LogP contribution in [0.3, 0.4) is 0 Å². The Morgan fingerprint density at radius 2 is 1.93 bits per heavy atom. The van der Waals surface area contributed by atoms with Crippen molar-refractivity contribution in [3.05, 3.63) is 0 Å². The maximum absolute atomic E-state index is 12.1. The third-order valence-corrected chi connectivity index (χ3v) is 5.26. The van der Waals surface area contributed by atoms with Crippen molar-refractivity contribution in [1.82, 2.24) is 4.31 Å². The van der Waals surface area contributed by atoms with Gasteiger partial charge in [-0.1, -0.05) is 6.92 Å². The molecule has 0 aromatic heterocycles. The first-order valence-corrected chi connectivity index (χ1v) is 7.15. The number of hydrogen-bond acceptors (Lipinski definition) is 3. The highest BCUT2D eigenvalue weighted by Gasteiger charge is 2.37. The molecule has 0 heterocycles. The Labute approximate surface area is 92.9 Å². The molecule has 0 aromatic rings. The van der Waals surface area contributed by atoms with Gasteiger partial charge in [0.1, 0.15) is 0 Å². The summed E-state index contributed by atoms with van der Waals surface area (Å²) in [5.41, 5.74) is 5.15. The van der Waals surface area contributed by atoms with Crippen LogP contribution in [0.5, 0.6) is 0 Å². The van der Waals surface area contributed by atoms with Gasteiger partial charge in [0.2, 0.25) is 10.0 Å². The highest BCUT2D eigenvalue weighted by Crippen LogP contribution is 2.32. The van der Waals surface area contributed by atoms with Gasteiger partial charge < -0.3 is 5.73 Å². The average molecular weight is 234 g/mol. The Balaban J connectivity index is 2.80. The van der Waals surface area contributed by atoms with Gasteiger partial charge >= 0.3 is 0 Å². The van der Waals surface area contributed by atoms with Crippen molar-refractivity contribution < 1.29 is 8.42 Å². The molecule has 15 heavy (non-hydrogen) atoms. The van der Waals surface area contributed by atoms with E-state index in [1.165, 1.54) is 0 Å². The fourth-order valence-corrected chi connectivity index (χ4v) is 4.11. The number of hydrogen-bond donors (Lipinski definition) is 1. The second-order valence-electron chi connectivity index (χ2n) is 4.90. The molecule has 1 aliphatic rings. The summed E-state index contributed by atoms with van der Waals surface area (Å²) >= 11 is 0. The zero-order valence-corrected chi connectivity index (χ0v) is 10.7. The summed E-state index contributed by atoms with van der Waals surface area (Å²) in [6, 6.07) is 0. The van der Waals surface area contributed by atoms with E-state index in [1.54, 1.807) is 4.31 Å². The van der Waals surface area contributed by atoms with Crippen LogP contribution in [0.4, 0.5) is 0 Å². The first-order chi connectivity index (χ1) is 6.83. The van der Waals surface area contributed by atoms with Gasteiger partial charge in [0, 0.05) is 18.6 Å². The van der Waals surface area contributed by atoms with E-state index >= 15 is 0 Å². The lowest BCUT2D eigenvalue weighted by Crippen LogP contribution is -2.52. The van der Waals surface area contributed by atoms with E-state index in [-0.39, 0.29) is 0 Å². The van der Waals surface area contributed by atoms with E-state index in [2.05, 4.69) is 0 Å². The van der Waals surface area contributed by atoms with Gasteiger partial charge in [0.25, 0.3) is 0 Å². The molecule has 1 rings (SSSR count). The molecule has 4 nitrogen and oxygen atoms in total. The quantitative estimate of drug-likeness (QED) is 0.739. The summed E-state index contributed by atoms with van der Waals surface area (Å²) in [4.78, 5) is 0. The van der Waals surface area contributed by atoms with Gasteiger partial charge in [-0.05, 0) is 32.6 Å². The van der Waals surface area contributed by atoms with Crippen LogP contribution < -0.4 is 5.73 Å². The maximum atomic E-state index is 12.1. The molecule has 0 bridgehead atoms. The predicted molar refractivity (Wildman–Crippen MR) is 62.0 cm³/mol. The van der Waals surface area contributed by atoms with E-state index in [0.29, 0.717) is 24.8 Å². The van der Waals surface area contributed by atoms with Gasteiger partial charge in [0.15, 0.2) is 0 Å². The number of likely N-dealkylation sites (N-methyl/N-ethyl adjacent to an activating group) is 1. The second-order valence-corrected chi connectivity index (χ2v) is 6.84. The molecule has 0 spiro atoms. The molecule has 0 aromatic carbocycles. The van der Waals surface area contributed by atoms with Gasteiger partial charge in [-0.15, -0.1) is 0 Å². The van der Waals surface area contributed by atoms with Crippen molar-refractivity contribution in [2.24, 2.45) is 11.7 Å². The van der Waals surface area contributed by atoms with Crippen molar-refractivity contribution in [1.29, 1.82) is 0 Å². The maximum Gasteiger partial charge on any atom is 0.214 e. The van der Waals surface area contributed by atoms with Crippen molar-refractivity contribution in [3.63, 3.8) is 0 Å². The lowest BCUT2D eigenvalue weighted by atomic mass is 10.1. The molecule has 0 saturated heterocycles. The minimum absolute atomic E-state index is 0.296. The van der Waals surface area contributed by atoms with Crippen molar-refractivity contribution in [2.75, 3.05) is 18.8 Å². The zero-order chi connectivity index (χ0) is 11.7. The molecule has 0 aliphatic heterocycles. The predicted octanol–water partition coefficient (Wildman–Crippen LogP) is 0.785. The minimum atomic E-state index is -3.13. The molecular weight excluding hydrogens is 212 g/mol. The van der Waals surface area contributed by atoms with Crippen LogP contribution in [0.1, 0.15) is 33.6 Å². The van der Waals surface area contributed by atoms with Crippen LogP contribution in [0.2, 0.25) is 0 Å². The van der Waals surface area contributed by atoms with E-state index in [1.807, 2.05) is 20.8 Å². The Kier molecular flexibility index (Phi) is 3.79. The van der Waals surface area contributed by atoms with Crippen LogP contribution in [0.25, 0.3) is 0 Å². The van der Waals surface area contributed by atoms with E-state index in [9.17, 15) is 8.42 Å². The number of nitrogens with zero attached hydrogens (tertiary/aromatic N) is 1.